The lowest BCUT2D eigenvalue weighted by Gasteiger charge is -2.23. The predicted molar refractivity (Wildman–Crippen MR) is 75.0 cm³/mol. The minimum absolute atomic E-state index is 0.160. The molecule has 2 aliphatic rings. The van der Waals surface area contributed by atoms with Gasteiger partial charge in [0.1, 0.15) is 0 Å². The average molecular weight is 272 g/mol. The summed E-state index contributed by atoms with van der Waals surface area (Å²) in [5.74, 6) is 0.755. The van der Waals surface area contributed by atoms with Gasteiger partial charge in [0.2, 0.25) is 5.91 Å². The summed E-state index contributed by atoms with van der Waals surface area (Å²) in [6, 6.07) is 0. The minimum Gasteiger partial charge on any atom is -0.376 e. The number of nitrogens with one attached hydrogen (secondary N) is 2. The molecule has 0 aromatic carbocycles. The van der Waals surface area contributed by atoms with E-state index in [1.165, 1.54) is 19.3 Å². The summed E-state index contributed by atoms with van der Waals surface area (Å²) in [5, 5.41) is 6.99. The van der Waals surface area contributed by atoms with Crippen molar-refractivity contribution in [2.24, 2.45) is 0 Å². The molecule has 1 atom stereocenters. The largest absolute Gasteiger partial charge is 0.376 e. The summed E-state index contributed by atoms with van der Waals surface area (Å²) in [7, 11) is 0. The number of thioether (sulfide) groups is 1. The van der Waals surface area contributed by atoms with Crippen molar-refractivity contribution in [3.63, 3.8) is 0 Å². The van der Waals surface area contributed by atoms with Gasteiger partial charge in [-0.25, -0.2) is 0 Å². The average Bonchev–Trinajstić information content (AvgIpc) is 2.45. The zero-order valence-corrected chi connectivity index (χ0v) is 11.8. The molecule has 0 saturated carbocycles. The molecule has 0 aromatic rings. The van der Waals surface area contributed by atoms with Gasteiger partial charge in [-0.1, -0.05) is 0 Å². The molecule has 0 spiro atoms. The number of carbonyl (C=O) groups is 1. The van der Waals surface area contributed by atoms with Gasteiger partial charge in [0.15, 0.2) is 0 Å². The summed E-state index contributed by atoms with van der Waals surface area (Å²) in [6.45, 7) is 3.72. The lowest BCUT2D eigenvalue weighted by atomic mass is 10.1. The van der Waals surface area contributed by atoms with E-state index in [1.807, 2.05) is 0 Å². The molecule has 18 heavy (non-hydrogen) atoms. The number of piperidine rings is 1. The highest BCUT2D eigenvalue weighted by Crippen LogP contribution is 2.19. The van der Waals surface area contributed by atoms with Crippen molar-refractivity contribution in [2.45, 2.75) is 43.5 Å². The third-order valence-electron chi connectivity index (χ3n) is 3.54. The molecule has 1 unspecified atom stereocenters. The van der Waals surface area contributed by atoms with Crippen molar-refractivity contribution in [3.05, 3.63) is 0 Å². The maximum absolute atomic E-state index is 11.7. The van der Waals surface area contributed by atoms with Crippen molar-refractivity contribution in [3.8, 4) is 0 Å². The monoisotopic (exact) mass is 272 g/mol. The first-order valence-electron chi connectivity index (χ1n) is 7.05. The Morgan fingerprint density at radius 1 is 1.28 bits per heavy atom. The van der Waals surface area contributed by atoms with Crippen molar-refractivity contribution in [2.75, 3.05) is 32.0 Å². The lowest BCUT2D eigenvalue weighted by Crippen LogP contribution is -2.37. The Balaban J connectivity index is 1.54. The number of amides is 1. The van der Waals surface area contributed by atoms with Crippen LogP contribution in [0, 0.1) is 0 Å². The summed E-state index contributed by atoms with van der Waals surface area (Å²) in [5.41, 5.74) is 0. The van der Waals surface area contributed by atoms with E-state index in [9.17, 15) is 4.79 Å². The van der Waals surface area contributed by atoms with Crippen LogP contribution in [-0.2, 0) is 9.53 Å². The van der Waals surface area contributed by atoms with Crippen LogP contribution in [0.3, 0.4) is 0 Å². The molecule has 2 fully saturated rings. The first kappa shape index (κ1) is 14.2. The van der Waals surface area contributed by atoms with Gasteiger partial charge in [-0.2, -0.15) is 0 Å². The number of hydrogen-bond donors (Lipinski definition) is 2. The first-order valence-corrected chi connectivity index (χ1v) is 8.10. The zero-order chi connectivity index (χ0) is 12.6. The maximum atomic E-state index is 11.7. The van der Waals surface area contributed by atoms with E-state index in [2.05, 4.69) is 10.6 Å². The number of carbonyl (C=O) groups excluding carboxylic acids is 1. The fourth-order valence-electron chi connectivity index (χ4n) is 2.40. The van der Waals surface area contributed by atoms with Gasteiger partial charge in [0, 0.05) is 18.4 Å². The SMILES string of the molecule is O=C(CSC1CCNCC1)NCC1CCCCO1. The van der Waals surface area contributed by atoms with E-state index in [1.54, 1.807) is 11.8 Å². The summed E-state index contributed by atoms with van der Waals surface area (Å²) < 4.78 is 5.59. The van der Waals surface area contributed by atoms with Crippen molar-refractivity contribution >= 4 is 17.7 Å². The first-order chi connectivity index (χ1) is 8.84. The van der Waals surface area contributed by atoms with Crippen LogP contribution in [-0.4, -0.2) is 49.3 Å². The van der Waals surface area contributed by atoms with Gasteiger partial charge in [0.25, 0.3) is 0 Å². The Bertz CT molecular complexity index is 227. The van der Waals surface area contributed by atoms with Gasteiger partial charge in [-0.3, -0.25) is 4.79 Å². The summed E-state index contributed by atoms with van der Waals surface area (Å²) in [6.07, 6.45) is 6.08. The maximum Gasteiger partial charge on any atom is 0.230 e. The van der Waals surface area contributed by atoms with E-state index in [0.29, 0.717) is 17.5 Å². The molecular formula is C13H24N2O2S. The molecule has 0 aromatic heterocycles. The van der Waals surface area contributed by atoms with Crippen LogP contribution in [0.5, 0.6) is 0 Å². The minimum atomic E-state index is 0.160. The number of hydrogen-bond acceptors (Lipinski definition) is 4. The second-order valence-electron chi connectivity index (χ2n) is 5.05. The molecule has 0 bridgehead atoms. The fourth-order valence-corrected chi connectivity index (χ4v) is 3.46. The molecule has 2 N–H and O–H groups in total. The smallest absolute Gasteiger partial charge is 0.230 e. The van der Waals surface area contributed by atoms with Crippen LogP contribution in [0.25, 0.3) is 0 Å². The molecule has 104 valence electrons. The van der Waals surface area contributed by atoms with Gasteiger partial charge in [-0.15, -0.1) is 11.8 Å². The van der Waals surface area contributed by atoms with Crippen LogP contribution in [0.1, 0.15) is 32.1 Å². The molecule has 5 heteroatoms. The lowest BCUT2D eigenvalue weighted by molar-refractivity contribution is -0.119. The van der Waals surface area contributed by atoms with E-state index < -0.39 is 0 Å². The Kier molecular flexibility index (Phi) is 6.31. The van der Waals surface area contributed by atoms with Gasteiger partial charge < -0.3 is 15.4 Å². The predicted octanol–water partition coefficient (Wildman–Crippen LogP) is 1.16. The number of rotatable bonds is 5. The molecule has 2 heterocycles. The van der Waals surface area contributed by atoms with Crippen molar-refractivity contribution in [1.82, 2.24) is 10.6 Å². The Hall–Kier alpha value is -0.260. The fraction of sp³-hybridized carbons (Fsp3) is 0.923. The third-order valence-corrected chi connectivity index (χ3v) is 4.91. The van der Waals surface area contributed by atoms with Crippen LogP contribution in [0.15, 0.2) is 0 Å². The van der Waals surface area contributed by atoms with Crippen molar-refractivity contribution in [1.29, 1.82) is 0 Å². The standard InChI is InChI=1S/C13H24N2O2S/c16-13(10-18-12-4-6-14-7-5-12)15-9-11-3-1-2-8-17-11/h11-12,14H,1-10H2,(H,15,16). The van der Waals surface area contributed by atoms with Crippen LogP contribution < -0.4 is 10.6 Å². The Morgan fingerprint density at radius 3 is 2.83 bits per heavy atom. The number of ether oxygens (including phenoxy) is 1. The molecule has 2 rings (SSSR count). The second kappa shape index (κ2) is 8.02. The molecule has 2 aliphatic heterocycles. The highest BCUT2D eigenvalue weighted by Gasteiger charge is 2.17. The molecular weight excluding hydrogens is 248 g/mol. The van der Waals surface area contributed by atoms with E-state index >= 15 is 0 Å². The molecule has 1 amide bonds. The highest BCUT2D eigenvalue weighted by molar-refractivity contribution is 8.00. The van der Waals surface area contributed by atoms with E-state index in [4.69, 9.17) is 4.74 Å². The van der Waals surface area contributed by atoms with E-state index in [0.717, 1.165) is 32.5 Å². The van der Waals surface area contributed by atoms with Crippen LogP contribution >= 0.6 is 11.8 Å². The molecule has 4 nitrogen and oxygen atoms in total. The van der Waals surface area contributed by atoms with Gasteiger partial charge in [0.05, 0.1) is 11.9 Å². The third kappa shape index (κ3) is 5.16. The van der Waals surface area contributed by atoms with E-state index in [-0.39, 0.29) is 12.0 Å². The molecule has 0 aliphatic carbocycles. The molecule has 0 radical (unpaired) electrons. The van der Waals surface area contributed by atoms with Crippen LogP contribution in [0.2, 0.25) is 0 Å². The normalized spacial score (nSPS) is 25.9. The topological polar surface area (TPSA) is 50.4 Å². The van der Waals surface area contributed by atoms with Gasteiger partial charge >= 0.3 is 0 Å². The summed E-state index contributed by atoms with van der Waals surface area (Å²) >= 11 is 1.80. The highest BCUT2D eigenvalue weighted by atomic mass is 32.2. The Labute approximate surface area is 114 Å². The summed E-state index contributed by atoms with van der Waals surface area (Å²) in [4.78, 5) is 11.7. The van der Waals surface area contributed by atoms with Gasteiger partial charge in [-0.05, 0) is 45.2 Å². The Morgan fingerprint density at radius 2 is 2.11 bits per heavy atom. The zero-order valence-electron chi connectivity index (χ0n) is 11.0. The van der Waals surface area contributed by atoms with Crippen LogP contribution in [0.4, 0.5) is 0 Å². The second-order valence-corrected chi connectivity index (χ2v) is 6.34. The van der Waals surface area contributed by atoms with Crippen molar-refractivity contribution < 1.29 is 9.53 Å². The quantitative estimate of drug-likeness (QED) is 0.788. The molecule has 2 saturated heterocycles.